The van der Waals surface area contributed by atoms with Crippen molar-refractivity contribution >= 4 is 11.6 Å². The van der Waals surface area contributed by atoms with Crippen LogP contribution in [0.4, 0.5) is 27.6 Å². The van der Waals surface area contributed by atoms with Crippen molar-refractivity contribution in [3.8, 4) is 0 Å². The molecule has 0 spiro atoms. The van der Waals surface area contributed by atoms with Crippen molar-refractivity contribution in [3.63, 3.8) is 0 Å². The van der Waals surface area contributed by atoms with Crippen LogP contribution in [0.3, 0.4) is 0 Å². The number of hydrogen-bond donors (Lipinski definition) is 1. The van der Waals surface area contributed by atoms with E-state index in [0.717, 1.165) is 18.2 Å². The van der Waals surface area contributed by atoms with E-state index in [1.165, 1.54) is 0 Å². The molecule has 0 fully saturated rings. The van der Waals surface area contributed by atoms with Crippen molar-refractivity contribution in [2.45, 2.75) is 0 Å². The van der Waals surface area contributed by atoms with Crippen molar-refractivity contribution in [3.05, 3.63) is 65.0 Å². The highest BCUT2D eigenvalue weighted by Gasteiger charge is 2.19. The Balaban J connectivity index is 2.36. The van der Waals surface area contributed by atoms with Gasteiger partial charge in [0.1, 0.15) is 11.5 Å². The summed E-state index contributed by atoms with van der Waals surface area (Å²) in [6.07, 6.45) is 0. The van der Waals surface area contributed by atoms with Crippen LogP contribution in [0.2, 0.25) is 0 Å². The molecule has 0 unspecified atom stereocenters. The van der Waals surface area contributed by atoms with Crippen LogP contribution in [0.5, 0.6) is 0 Å². The molecule has 0 heterocycles. The standard InChI is InChI=1S/C13H6F5NO/c14-6-4-9(16)12(10(17)5-6)19-13(20)7-2-1-3-8(15)11(7)18/h1-5H,(H,19,20). The third-order valence-electron chi connectivity index (χ3n) is 2.44. The smallest absolute Gasteiger partial charge is 0.258 e. The summed E-state index contributed by atoms with van der Waals surface area (Å²) in [4.78, 5) is 11.6. The Labute approximate surface area is 109 Å². The summed E-state index contributed by atoms with van der Waals surface area (Å²) in [5.41, 5.74) is -1.67. The van der Waals surface area contributed by atoms with Gasteiger partial charge in [0, 0.05) is 12.1 Å². The van der Waals surface area contributed by atoms with Gasteiger partial charge in [0.05, 0.1) is 5.56 Å². The number of anilines is 1. The van der Waals surface area contributed by atoms with E-state index in [1.807, 2.05) is 0 Å². The average molecular weight is 287 g/mol. The summed E-state index contributed by atoms with van der Waals surface area (Å²) < 4.78 is 65.6. The molecule has 2 nitrogen and oxygen atoms in total. The number of nitrogens with one attached hydrogen (secondary N) is 1. The molecular weight excluding hydrogens is 281 g/mol. The first kappa shape index (κ1) is 14.0. The van der Waals surface area contributed by atoms with Gasteiger partial charge in [0.2, 0.25) is 0 Å². The zero-order valence-electron chi connectivity index (χ0n) is 9.68. The highest BCUT2D eigenvalue weighted by atomic mass is 19.2. The maximum Gasteiger partial charge on any atom is 0.258 e. The second-order valence-electron chi connectivity index (χ2n) is 3.80. The molecule has 2 rings (SSSR count). The summed E-state index contributed by atoms with van der Waals surface area (Å²) in [7, 11) is 0. The number of benzene rings is 2. The fourth-order valence-corrected chi connectivity index (χ4v) is 1.52. The lowest BCUT2D eigenvalue weighted by Crippen LogP contribution is -2.16. The molecule has 1 N–H and O–H groups in total. The van der Waals surface area contributed by atoms with Crippen LogP contribution < -0.4 is 5.32 Å². The van der Waals surface area contributed by atoms with E-state index in [4.69, 9.17) is 0 Å². The normalized spacial score (nSPS) is 10.4. The Morgan fingerprint density at radius 2 is 1.50 bits per heavy atom. The molecule has 0 aliphatic heterocycles. The molecule has 0 saturated heterocycles. The first-order valence-electron chi connectivity index (χ1n) is 5.30. The fraction of sp³-hybridized carbons (Fsp3) is 0. The van der Waals surface area contributed by atoms with Crippen LogP contribution in [0, 0.1) is 29.1 Å². The third kappa shape index (κ3) is 2.61. The molecule has 0 radical (unpaired) electrons. The Morgan fingerprint density at radius 1 is 0.900 bits per heavy atom. The topological polar surface area (TPSA) is 29.1 Å². The number of hydrogen-bond acceptors (Lipinski definition) is 1. The maximum absolute atomic E-state index is 13.3. The van der Waals surface area contributed by atoms with Crippen molar-refractivity contribution in [2.75, 3.05) is 5.32 Å². The lowest BCUT2D eigenvalue weighted by molar-refractivity contribution is 0.102. The number of carbonyl (C=O) groups is 1. The predicted molar refractivity (Wildman–Crippen MR) is 60.6 cm³/mol. The van der Waals surface area contributed by atoms with Gasteiger partial charge in [-0.1, -0.05) is 6.07 Å². The Morgan fingerprint density at radius 3 is 2.10 bits per heavy atom. The molecule has 104 valence electrons. The van der Waals surface area contributed by atoms with Gasteiger partial charge >= 0.3 is 0 Å². The molecule has 0 aliphatic rings. The molecule has 20 heavy (non-hydrogen) atoms. The monoisotopic (exact) mass is 287 g/mol. The quantitative estimate of drug-likeness (QED) is 0.839. The molecular formula is C13H6F5NO. The second-order valence-corrected chi connectivity index (χ2v) is 3.80. The second kappa shape index (κ2) is 5.28. The summed E-state index contributed by atoms with van der Waals surface area (Å²) in [6.45, 7) is 0. The Bertz CT molecular complexity index is 663. The largest absolute Gasteiger partial charge is 0.317 e. The molecule has 2 aromatic rings. The van der Waals surface area contributed by atoms with E-state index in [2.05, 4.69) is 0 Å². The first-order chi connectivity index (χ1) is 9.40. The lowest BCUT2D eigenvalue weighted by atomic mass is 10.2. The minimum absolute atomic E-state index is 0.348. The molecule has 0 aromatic heterocycles. The van der Waals surface area contributed by atoms with Crippen LogP contribution in [-0.2, 0) is 0 Å². The molecule has 0 saturated carbocycles. The van der Waals surface area contributed by atoms with Gasteiger partial charge in [0.25, 0.3) is 5.91 Å². The number of rotatable bonds is 2. The minimum Gasteiger partial charge on any atom is -0.317 e. The van der Waals surface area contributed by atoms with E-state index in [-0.39, 0.29) is 0 Å². The molecule has 0 atom stereocenters. The Hall–Kier alpha value is -2.44. The summed E-state index contributed by atoms with van der Waals surface area (Å²) in [6, 6.07) is 3.48. The van der Waals surface area contributed by atoms with E-state index in [0.29, 0.717) is 12.1 Å². The minimum atomic E-state index is -1.45. The summed E-state index contributed by atoms with van der Waals surface area (Å²) >= 11 is 0. The first-order valence-corrected chi connectivity index (χ1v) is 5.30. The van der Waals surface area contributed by atoms with Crippen molar-refractivity contribution < 1.29 is 26.7 Å². The molecule has 0 bridgehead atoms. The zero-order chi connectivity index (χ0) is 14.9. The van der Waals surface area contributed by atoms with Gasteiger partial charge in [0.15, 0.2) is 23.3 Å². The van der Waals surface area contributed by atoms with Gasteiger partial charge < -0.3 is 5.32 Å². The van der Waals surface area contributed by atoms with Crippen molar-refractivity contribution in [1.29, 1.82) is 0 Å². The summed E-state index contributed by atoms with van der Waals surface area (Å²) in [5, 5.41) is 1.73. The summed E-state index contributed by atoms with van der Waals surface area (Å²) in [5.74, 6) is -7.90. The van der Waals surface area contributed by atoms with E-state index in [1.54, 1.807) is 5.32 Å². The van der Waals surface area contributed by atoms with Gasteiger partial charge in [-0.25, -0.2) is 22.0 Å². The average Bonchev–Trinajstić information content (AvgIpc) is 2.36. The molecule has 0 aliphatic carbocycles. The van der Waals surface area contributed by atoms with E-state index < -0.39 is 46.2 Å². The SMILES string of the molecule is O=C(Nc1c(F)cc(F)cc1F)c1cccc(F)c1F. The molecule has 1 amide bonds. The van der Waals surface area contributed by atoms with Gasteiger partial charge in [-0.05, 0) is 12.1 Å². The maximum atomic E-state index is 13.3. The molecule has 2 aromatic carbocycles. The zero-order valence-corrected chi connectivity index (χ0v) is 9.68. The van der Waals surface area contributed by atoms with Crippen molar-refractivity contribution in [2.24, 2.45) is 0 Å². The van der Waals surface area contributed by atoms with E-state index >= 15 is 0 Å². The van der Waals surface area contributed by atoms with Crippen LogP contribution in [0.25, 0.3) is 0 Å². The predicted octanol–water partition coefficient (Wildman–Crippen LogP) is 3.63. The van der Waals surface area contributed by atoms with Gasteiger partial charge in [-0.2, -0.15) is 0 Å². The van der Waals surface area contributed by atoms with Crippen LogP contribution in [-0.4, -0.2) is 5.91 Å². The van der Waals surface area contributed by atoms with Gasteiger partial charge in [-0.15, -0.1) is 0 Å². The van der Waals surface area contributed by atoms with Crippen molar-refractivity contribution in [1.82, 2.24) is 0 Å². The number of halogens is 5. The fourth-order valence-electron chi connectivity index (χ4n) is 1.52. The van der Waals surface area contributed by atoms with Crippen LogP contribution >= 0.6 is 0 Å². The number of amides is 1. The van der Waals surface area contributed by atoms with Crippen LogP contribution in [0.15, 0.2) is 30.3 Å². The van der Waals surface area contributed by atoms with Gasteiger partial charge in [-0.3, -0.25) is 4.79 Å². The number of carbonyl (C=O) groups excluding carboxylic acids is 1. The lowest BCUT2D eigenvalue weighted by Gasteiger charge is -2.08. The highest BCUT2D eigenvalue weighted by molar-refractivity contribution is 6.04. The molecule has 7 heteroatoms. The highest BCUT2D eigenvalue weighted by Crippen LogP contribution is 2.21. The Kier molecular flexibility index (Phi) is 3.69. The van der Waals surface area contributed by atoms with Crippen LogP contribution in [0.1, 0.15) is 10.4 Å². The van der Waals surface area contributed by atoms with E-state index in [9.17, 15) is 26.7 Å². The third-order valence-corrected chi connectivity index (χ3v) is 2.44.